The Morgan fingerprint density at radius 1 is 1.24 bits per heavy atom. The summed E-state index contributed by atoms with van der Waals surface area (Å²) in [5.41, 5.74) is 2.33. The summed E-state index contributed by atoms with van der Waals surface area (Å²) in [5, 5.41) is 3.15. The van der Waals surface area contributed by atoms with Gasteiger partial charge in [-0.2, -0.15) is 0 Å². The molecule has 3 heterocycles. The molecule has 1 N–H and O–H groups in total. The van der Waals surface area contributed by atoms with Crippen LogP contribution in [0.3, 0.4) is 0 Å². The lowest BCUT2D eigenvalue weighted by atomic mass is 10.1. The van der Waals surface area contributed by atoms with Gasteiger partial charge in [-0.1, -0.05) is 35.3 Å². The maximum Gasteiger partial charge on any atom is 0.326 e. The summed E-state index contributed by atoms with van der Waals surface area (Å²) in [4.78, 5) is 24.1. The molecule has 0 aliphatic carbocycles. The second kappa shape index (κ2) is 7.85. The molecule has 29 heavy (non-hydrogen) atoms. The number of para-hydroxylation sites is 1. The number of pyridine rings is 2. The Balaban J connectivity index is 1.59. The minimum absolute atomic E-state index is 0.235. The van der Waals surface area contributed by atoms with Crippen LogP contribution in [0.25, 0.3) is 0 Å². The first kappa shape index (κ1) is 19.4. The number of benzene rings is 1. The molecule has 0 fully saturated rings. The average Bonchev–Trinajstić information content (AvgIpc) is 3.16. The van der Waals surface area contributed by atoms with Gasteiger partial charge in [-0.05, 0) is 24.1 Å². The van der Waals surface area contributed by atoms with Gasteiger partial charge in [0.1, 0.15) is 11.6 Å². The molecular formula is C20H16Cl2FN5O. The third-order valence-electron chi connectivity index (χ3n) is 4.73. The summed E-state index contributed by atoms with van der Waals surface area (Å²) in [6.07, 6.45) is 5.11. The highest BCUT2D eigenvalue weighted by Crippen LogP contribution is 2.36. The van der Waals surface area contributed by atoms with Gasteiger partial charge in [-0.15, -0.1) is 0 Å². The normalized spacial score (nSPS) is 12.6. The number of hydrogen-bond donors (Lipinski definition) is 1. The number of hydrogen-bond acceptors (Lipinski definition) is 4. The number of anilines is 4. The second-order valence-corrected chi connectivity index (χ2v) is 7.30. The van der Waals surface area contributed by atoms with Gasteiger partial charge in [0.2, 0.25) is 0 Å². The molecule has 1 aliphatic rings. The van der Waals surface area contributed by atoms with E-state index in [9.17, 15) is 9.18 Å². The number of carbonyl (C=O) groups excluding carboxylic acids is 1. The number of fused-ring (bicyclic) bond motifs is 1. The first-order valence-corrected chi connectivity index (χ1v) is 9.56. The van der Waals surface area contributed by atoms with E-state index in [0.717, 1.165) is 12.0 Å². The van der Waals surface area contributed by atoms with E-state index in [0.29, 0.717) is 23.7 Å². The van der Waals surface area contributed by atoms with Gasteiger partial charge in [0, 0.05) is 38.2 Å². The third-order valence-corrected chi connectivity index (χ3v) is 5.30. The van der Waals surface area contributed by atoms with Crippen LogP contribution in [0.2, 0.25) is 10.0 Å². The van der Waals surface area contributed by atoms with Crippen LogP contribution in [0.5, 0.6) is 0 Å². The van der Waals surface area contributed by atoms with Crippen molar-refractivity contribution >= 4 is 52.1 Å². The van der Waals surface area contributed by atoms with Gasteiger partial charge in [-0.3, -0.25) is 9.88 Å². The summed E-state index contributed by atoms with van der Waals surface area (Å²) in [5.74, 6) is 0.270. The van der Waals surface area contributed by atoms with Crippen LogP contribution in [-0.2, 0) is 6.42 Å². The largest absolute Gasteiger partial charge is 0.326 e. The molecular weight excluding hydrogens is 416 g/mol. The van der Waals surface area contributed by atoms with Crippen LogP contribution in [0.1, 0.15) is 5.56 Å². The standard InChI is InChI=1S/C20H16Cl2FN5O/c1-27(20(29)26-18-14(21)10-24-11-15(18)22)13-5-7-25-17(9-13)28-8-6-12-3-2-4-16(23)19(12)28/h2-5,7,9-11H,6,8H2,1H3,(H,24,26,29). The highest BCUT2D eigenvalue weighted by atomic mass is 35.5. The number of carbonyl (C=O) groups is 1. The minimum atomic E-state index is -0.440. The van der Waals surface area contributed by atoms with Crippen molar-refractivity contribution in [3.05, 3.63) is 70.3 Å². The van der Waals surface area contributed by atoms with E-state index in [2.05, 4.69) is 15.3 Å². The maximum atomic E-state index is 14.4. The van der Waals surface area contributed by atoms with Crippen molar-refractivity contribution < 1.29 is 9.18 Å². The summed E-state index contributed by atoms with van der Waals surface area (Å²) < 4.78 is 14.4. The van der Waals surface area contributed by atoms with E-state index in [-0.39, 0.29) is 21.5 Å². The fourth-order valence-electron chi connectivity index (χ4n) is 3.24. The van der Waals surface area contributed by atoms with Gasteiger partial charge in [0.25, 0.3) is 0 Å². The van der Waals surface area contributed by atoms with Crippen LogP contribution in [0.15, 0.2) is 48.9 Å². The van der Waals surface area contributed by atoms with Gasteiger partial charge >= 0.3 is 6.03 Å². The van der Waals surface area contributed by atoms with Crippen molar-refractivity contribution in [2.24, 2.45) is 0 Å². The zero-order valence-electron chi connectivity index (χ0n) is 15.4. The van der Waals surface area contributed by atoms with Gasteiger partial charge < -0.3 is 10.2 Å². The molecule has 9 heteroatoms. The van der Waals surface area contributed by atoms with Crippen LogP contribution in [0, 0.1) is 5.82 Å². The van der Waals surface area contributed by atoms with E-state index < -0.39 is 6.03 Å². The predicted octanol–water partition coefficient (Wildman–Crippen LogP) is 5.29. The Bertz CT molecular complexity index is 1070. The van der Waals surface area contributed by atoms with Crippen molar-refractivity contribution in [2.45, 2.75) is 6.42 Å². The Morgan fingerprint density at radius 2 is 2.00 bits per heavy atom. The van der Waals surface area contributed by atoms with E-state index in [1.807, 2.05) is 11.0 Å². The number of aromatic nitrogens is 2. The lowest BCUT2D eigenvalue weighted by Crippen LogP contribution is -2.31. The fraction of sp³-hybridized carbons (Fsp3) is 0.150. The van der Waals surface area contributed by atoms with Gasteiger partial charge in [0.05, 0.1) is 27.1 Å². The minimum Gasteiger partial charge on any atom is -0.323 e. The molecule has 2 amide bonds. The molecule has 2 aromatic heterocycles. The lowest BCUT2D eigenvalue weighted by Gasteiger charge is -2.23. The van der Waals surface area contributed by atoms with Crippen LogP contribution in [0.4, 0.5) is 32.1 Å². The average molecular weight is 432 g/mol. The Morgan fingerprint density at radius 3 is 2.76 bits per heavy atom. The second-order valence-electron chi connectivity index (χ2n) is 6.49. The van der Waals surface area contributed by atoms with Crippen LogP contribution in [-0.4, -0.2) is 29.6 Å². The topological polar surface area (TPSA) is 61.4 Å². The first-order valence-electron chi connectivity index (χ1n) is 8.80. The van der Waals surface area contributed by atoms with Crippen LogP contribution >= 0.6 is 23.2 Å². The lowest BCUT2D eigenvalue weighted by molar-refractivity contribution is 0.258. The highest BCUT2D eigenvalue weighted by Gasteiger charge is 2.25. The number of urea groups is 1. The summed E-state index contributed by atoms with van der Waals surface area (Å²) in [6.45, 7) is 0.616. The van der Waals surface area contributed by atoms with Crippen molar-refractivity contribution in [1.82, 2.24) is 9.97 Å². The molecule has 0 spiro atoms. The van der Waals surface area contributed by atoms with Crippen molar-refractivity contribution in [2.75, 3.05) is 28.7 Å². The molecule has 148 valence electrons. The molecule has 0 saturated heterocycles. The maximum absolute atomic E-state index is 14.4. The van der Waals surface area contributed by atoms with E-state index in [4.69, 9.17) is 23.2 Å². The predicted molar refractivity (Wildman–Crippen MR) is 113 cm³/mol. The quantitative estimate of drug-likeness (QED) is 0.612. The summed E-state index contributed by atoms with van der Waals surface area (Å²) >= 11 is 12.1. The van der Waals surface area contributed by atoms with Crippen molar-refractivity contribution in [3.63, 3.8) is 0 Å². The third kappa shape index (κ3) is 3.71. The SMILES string of the molecule is CN(C(=O)Nc1c(Cl)cncc1Cl)c1ccnc(N2CCc3cccc(F)c32)c1. The van der Waals surface area contributed by atoms with Gasteiger partial charge in [-0.25, -0.2) is 14.2 Å². The molecule has 1 aliphatic heterocycles. The molecule has 4 rings (SSSR count). The number of amides is 2. The Labute approximate surface area is 176 Å². The monoisotopic (exact) mass is 431 g/mol. The fourth-order valence-corrected chi connectivity index (χ4v) is 3.70. The molecule has 3 aromatic rings. The molecule has 0 atom stereocenters. The smallest absolute Gasteiger partial charge is 0.323 e. The van der Waals surface area contributed by atoms with E-state index in [1.54, 1.807) is 31.4 Å². The number of halogens is 3. The van der Waals surface area contributed by atoms with Crippen molar-refractivity contribution in [1.29, 1.82) is 0 Å². The number of nitrogens with one attached hydrogen (secondary N) is 1. The van der Waals surface area contributed by atoms with Gasteiger partial charge in [0.15, 0.2) is 0 Å². The zero-order chi connectivity index (χ0) is 20.5. The molecule has 0 radical (unpaired) electrons. The number of rotatable bonds is 3. The molecule has 0 unspecified atom stereocenters. The van der Waals surface area contributed by atoms with Crippen molar-refractivity contribution in [3.8, 4) is 0 Å². The molecule has 6 nitrogen and oxygen atoms in total. The highest BCUT2D eigenvalue weighted by molar-refractivity contribution is 6.39. The Hall–Kier alpha value is -2.90. The number of nitrogens with zero attached hydrogens (tertiary/aromatic N) is 4. The molecule has 0 bridgehead atoms. The Kier molecular flexibility index (Phi) is 5.25. The van der Waals surface area contributed by atoms with E-state index >= 15 is 0 Å². The molecule has 1 aromatic carbocycles. The first-order chi connectivity index (χ1) is 14.0. The summed E-state index contributed by atoms with van der Waals surface area (Å²) in [7, 11) is 1.61. The summed E-state index contributed by atoms with van der Waals surface area (Å²) in [6, 6.07) is 8.03. The van der Waals surface area contributed by atoms with Crippen LogP contribution < -0.4 is 15.1 Å². The zero-order valence-corrected chi connectivity index (χ0v) is 16.9. The molecule has 0 saturated carbocycles. The van der Waals surface area contributed by atoms with E-state index in [1.165, 1.54) is 23.4 Å².